The molecule has 1 aromatic carbocycles. The number of carbonyl (C=O) groups is 2. The number of nitrogens with zero attached hydrogens (tertiary/aromatic N) is 1. The molecule has 0 aliphatic rings. The molecule has 0 atom stereocenters. The van der Waals surface area contributed by atoms with Crippen LogP contribution in [0.4, 0.5) is 5.69 Å². The summed E-state index contributed by atoms with van der Waals surface area (Å²) in [4.78, 5) is 26.4. The van der Waals surface area contributed by atoms with Gasteiger partial charge in [0.1, 0.15) is 5.41 Å². The summed E-state index contributed by atoms with van der Waals surface area (Å²) in [6, 6.07) is 7.32. The smallest absolute Gasteiger partial charge is 0.239 e. The predicted molar refractivity (Wildman–Crippen MR) is 89.1 cm³/mol. The number of hydrogen-bond donors (Lipinski definition) is 1. The second kappa shape index (κ2) is 7.59. The van der Waals surface area contributed by atoms with E-state index in [4.69, 9.17) is 0 Å². The largest absolute Gasteiger partial charge is 0.345 e. The fourth-order valence-electron chi connectivity index (χ4n) is 1.92. The van der Waals surface area contributed by atoms with Crippen molar-refractivity contribution in [1.29, 1.82) is 0 Å². The van der Waals surface area contributed by atoms with E-state index in [1.807, 2.05) is 12.1 Å². The first-order chi connectivity index (χ1) is 9.78. The minimum Gasteiger partial charge on any atom is -0.345 e. The van der Waals surface area contributed by atoms with E-state index in [1.54, 1.807) is 37.9 Å². The SMILES string of the molecule is CCCCN(C)C(=O)C(C)(C)C(=O)Nc1cccc(Br)c1. The molecule has 1 rings (SSSR count). The first-order valence-electron chi connectivity index (χ1n) is 7.11. The topological polar surface area (TPSA) is 49.4 Å². The summed E-state index contributed by atoms with van der Waals surface area (Å²) in [5.41, 5.74) is -0.420. The molecule has 2 amide bonds. The molecule has 0 unspecified atom stereocenters. The molecule has 0 saturated carbocycles. The second-order valence-corrected chi connectivity index (χ2v) is 6.59. The number of anilines is 1. The van der Waals surface area contributed by atoms with Gasteiger partial charge in [-0.2, -0.15) is 0 Å². The van der Waals surface area contributed by atoms with Crippen molar-refractivity contribution in [3.8, 4) is 0 Å². The molecule has 0 aromatic heterocycles. The molecule has 0 spiro atoms. The van der Waals surface area contributed by atoms with E-state index in [-0.39, 0.29) is 11.8 Å². The summed E-state index contributed by atoms with van der Waals surface area (Å²) in [6.45, 7) is 6.06. The Morgan fingerprint density at radius 3 is 2.57 bits per heavy atom. The van der Waals surface area contributed by atoms with Gasteiger partial charge in [-0.05, 0) is 38.5 Å². The van der Waals surface area contributed by atoms with E-state index in [1.165, 1.54) is 0 Å². The maximum Gasteiger partial charge on any atom is 0.239 e. The zero-order chi connectivity index (χ0) is 16.0. The normalized spacial score (nSPS) is 11.1. The number of rotatable bonds is 6. The van der Waals surface area contributed by atoms with E-state index in [0.717, 1.165) is 17.3 Å². The highest BCUT2D eigenvalue weighted by atomic mass is 79.9. The number of unbranched alkanes of at least 4 members (excludes halogenated alkanes) is 1. The Kier molecular flexibility index (Phi) is 6.40. The molecule has 0 saturated heterocycles. The van der Waals surface area contributed by atoms with Crippen molar-refractivity contribution in [2.45, 2.75) is 33.6 Å². The number of benzene rings is 1. The van der Waals surface area contributed by atoms with E-state index < -0.39 is 5.41 Å². The van der Waals surface area contributed by atoms with Crippen molar-refractivity contribution in [2.24, 2.45) is 5.41 Å². The lowest BCUT2D eigenvalue weighted by molar-refractivity contribution is -0.145. The Balaban J connectivity index is 2.76. The Morgan fingerprint density at radius 1 is 1.33 bits per heavy atom. The Morgan fingerprint density at radius 2 is 2.00 bits per heavy atom. The van der Waals surface area contributed by atoms with Gasteiger partial charge in [0.05, 0.1) is 0 Å². The maximum atomic E-state index is 12.4. The van der Waals surface area contributed by atoms with Crippen LogP contribution in [0.3, 0.4) is 0 Å². The van der Waals surface area contributed by atoms with E-state index in [0.29, 0.717) is 12.2 Å². The summed E-state index contributed by atoms with van der Waals surface area (Å²) >= 11 is 3.36. The van der Waals surface area contributed by atoms with Crippen molar-refractivity contribution in [3.05, 3.63) is 28.7 Å². The average molecular weight is 355 g/mol. The van der Waals surface area contributed by atoms with Crippen LogP contribution in [-0.4, -0.2) is 30.3 Å². The van der Waals surface area contributed by atoms with Crippen molar-refractivity contribution in [1.82, 2.24) is 4.90 Å². The van der Waals surface area contributed by atoms with Gasteiger partial charge in [0, 0.05) is 23.8 Å². The molecule has 0 fully saturated rings. The van der Waals surface area contributed by atoms with Crippen molar-refractivity contribution < 1.29 is 9.59 Å². The summed E-state index contributed by atoms with van der Waals surface area (Å²) in [7, 11) is 1.74. The van der Waals surface area contributed by atoms with Gasteiger partial charge in [0.2, 0.25) is 11.8 Å². The number of carbonyl (C=O) groups excluding carboxylic acids is 2. The summed E-state index contributed by atoms with van der Waals surface area (Å²) in [5.74, 6) is -0.461. The lowest BCUT2D eigenvalue weighted by Gasteiger charge is -2.28. The quantitative estimate of drug-likeness (QED) is 0.792. The standard InChI is InChI=1S/C16H23BrN2O2/c1-5-6-10-19(4)15(21)16(2,3)14(20)18-13-9-7-8-12(17)11-13/h7-9,11H,5-6,10H2,1-4H3,(H,18,20). The zero-order valence-corrected chi connectivity index (χ0v) is 14.7. The third kappa shape index (κ3) is 4.84. The molecule has 0 bridgehead atoms. The third-order valence-electron chi connectivity index (χ3n) is 3.38. The Labute approximate surface area is 135 Å². The van der Waals surface area contributed by atoms with Gasteiger partial charge in [-0.15, -0.1) is 0 Å². The fraction of sp³-hybridized carbons (Fsp3) is 0.500. The lowest BCUT2D eigenvalue weighted by atomic mass is 9.90. The van der Waals surface area contributed by atoms with Crippen molar-refractivity contribution >= 4 is 33.4 Å². The maximum absolute atomic E-state index is 12.4. The highest BCUT2D eigenvalue weighted by Gasteiger charge is 2.38. The number of nitrogens with one attached hydrogen (secondary N) is 1. The van der Waals surface area contributed by atoms with Crippen LogP contribution in [0, 0.1) is 5.41 Å². The zero-order valence-electron chi connectivity index (χ0n) is 13.1. The summed E-state index contributed by atoms with van der Waals surface area (Å²) in [6.07, 6.45) is 1.95. The Hall–Kier alpha value is -1.36. The van der Waals surface area contributed by atoms with Crippen LogP contribution in [0.25, 0.3) is 0 Å². The van der Waals surface area contributed by atoms with Gasteiger partial charge in [0.15, 0.2) is 0 Å². The number of halogens is 1. The van der Waals surface area contributed by atoms with Crippen LogP contribution in [0.5, 0.6) is 0 Å². The molecular weight excluding hydrogens is 332 g/mol. The third-order valence-corrected chi connectivity index (χ3v) is 3.87. The van der Waals surface area contributed by atoms with Gasteiger partial charge in [-0.1, -0.05) is 35.3 Å². The fourth-order valence-corrected chi connectivity index (χ4v) is 2.32. The van der Waals surface area contributed by atoms with Crippen LogP contribution in [-0.2, 0) is 9.59 Å². The highest BCUT2D eigenvalue weighted by molar-refractivity contribution is 9.10. The average Bonchev–Trinajstić information content (AvgIpc) is 2.43. The summed E-state index contributed by atoms with van der Waals surface area (Å²) in [5, 5.41) is 2.80. The minimum atomic E-state index is -1.09. The van der Waals surface area contributed by atoms with Gasteiger partial charge in [-0.3, -0.25) is 9.59 Å². The van der Waals surface area contributed by atoms with Gasteiger partial charge < -0.3 is 10.2 Å². The molecule has 21 heavy (non-hydrogen) atoms. The van der Waals surface area contributed by atoms with Crippen LogP contribution in [0.1, 0.15) is 33.6 Å². The first-order valence-corrected chi connectivity index (χ1v) is 7.91. The molecule has 0 aliphatic heterocycles. The lowest BCUT2D eigenvalue weighted by Crippen LogP contribution is -2.46. The molecule has 4 nitrogen and oxygen atoms in total. The van der Waals surface area contributed by atoms with Crippen molar-refractivity contribution in [2.75, 3.05) is 18.9 Å². The predicted octanol–water partition coefficient (Wildman–Crippen LogP) is 3.67. The first kappa shape index (κ1) is 17.7. The monoisotopic (exact) mass is 354 g/mol. The van der Waals surface area contributed by atoms with E-state index in [9.17, 15) is 9.59 Å². The van der Waals surface area contributed by atoms with Gasteiger partial charge in [0.25, 0.3) is 0 Å². The molecule has 5 heteroatoms. The van der Waals surface area contributed by atoms with Crippen LogP contribution in [0.2, 0.25) is 0 Å². The van der Waals surface area contributed by atoms with Crippen molar-refractivity contribution in [3.63, 3.8) is 0 Å². The second-order valence-electron chi connectivity index (χ2n) is 5.67. The molecule has 0 radical (unpaired) electrons. The van der Waals surface area contributed by atoms with E-state index in [2.05, 4.69) is 28.2 Å². The van der Waals surface area contributed by atoms with Crippen LogP contribution < -0.4 is 5.32 Å². The molecule has 1 aromatic rings. The van der Waals surface area contributed by atoms with E-state index >= 15 is 0 Å². The molecule has 116 valence electrons. The molecule has 1 N–H and O–H groups in total. The van der Waals surface area contributed by atoms with Gasteiger partial charge in [-0.25, -0.2) is 0 Å². The number of amides is 2. The Bertz CT molecular complexity index is 515. The van der Waals surface area contributed by atoms with Crippen LogP contribution in [0.15, 0.2) is 28.7 Å². The van der Waals surface area contributed by atoms with Crippen LogP contribution >= 0.6 is 15.9 Å². The minimum absolute atomic E-state index is 0.163. The number of hydrogen-bond acceptors (Lipinski definition) is 2. The highest BCUT2D eigenvalue weighted by Crippen LogP contribution is 2.23. The summed E-state index contributed by atoms with van der Waals surface area (Å²) < 4.78 is 0.879. The molecule has 0 heterocycles. The molecule has 0 aliphatic carbocycles. The molecular formula is C16H23BrN2O2. The van der Waals surface area contributed by atoms with Gasteiger partial charge >= 0.3 is 0 Å².